The van der Waals surface area contributed by atoms with Gasteiger partial charge in [-0.25, -0.2) is 4.79 Å². The van der Waals surface area contributed by atoms with E-state index < -0.39 is 23.3 Å². The summed E-state index contributed by atoms with van der Waals surface area (Å²) in [5.41, 5.74) is -0.809. The molecule has 3 rings (SSSR count). The molecule has 0 aromatic heterocycles. The summed E-state index contributed by atoms with van der Waals surface area (Å²) in [6.45, 7) is 2.28. The Kier molecular flexibility index (Phi) is 5.82. The van der Waals surface area contributed by atoms with E-state index in [1.807, 2.05) is 6.92 Å². The number of halogens is 5. The molecule has 1 atom stereocenters. The second kappa shape index (κ2) is 7.84. The van der Waals surface area contributed by atoms with Gasteiger partial charge in [0, 0.05) is 17.1 Å². The number of carbonyl (C=O) groups is 1. The average molecular weight is 431 g/mol. The van der Waals surface area contributed by atoms with Crippen LogP contribution in [0.2, 0.25) is 10.0 Å². The zero-order valence-corrected chi connectivity index (χ0v) is 16.6. The lowest BCUT2D eigenvalue weighted by Gasteiger charge is -2.36. The Balaban J connectivity index is 1.83. The molecule has 0 aliphatic carbocycles. The fraction of sp³-hybridized carbons (Fsp3) is 0.350. The minimum Gasteiger partial charge on any atom is -0.319 e. The lowest BCUT2D eigenvalue weighted by Crippen LogP contribution is -2.48. The van der Waals surface area contributed by atoms with Crippen LogP contribution in [0.1, 0.15) is 30.9 Å². The number of rotatable bonds is 3. The predicted molar refractivity (Wildman–Crippen MR) is 105 cm³/mol. The normalized spacial score (nSPS) is 19.7. The Bertz CT molecular complexity index is 888. The van der Waals surface area contributed by atoms with Crippen LogP contribution in [-0.4, -0.2) is 23.0 Å². The zero-order valence-electron chi connectivity index (χ0n) is 15.1. The number of nitrogens with one attached hydrogen (secondary N) is 1. The maximum absolute atomic E-state index is 13.3. The molecule has 1 heterocycles. The molecule has 0 radical (unpaired) electrons. The molecule has 1 aliphatic rings. The maximum Gasteiger partial charge on any atom is 0.416 e. The summed E-state index contributed by atoms with van der Waals surface area (Å²) in [6, 6.07) is 9.82. The van der Waals surface area contributed by atoms with E-state index in [0.29, 0.717) is 35.1 Å². The largest absolute Gasteiger partial charge is 0.416 e. The molecule has 1 N–H and O–H groups in total. The number of hydrogen-bond acceptors (Lipinski definition) is 1. The van der Waals surface area contributed by atoms with Crippen LogP contribution in [0, 0.1) is 0 Å². The van der Waals surface area contributed by atoms with Gasteiger partial charge in [-0.3, -0.25) is 0 Å². The van der Waals surface area contributed by atoms with Crippen molar-refractivity contribution >= 4 is 34.9 Å². The van der Waals surface area contributed by atoms with Gasteiger partial charge in [-0.1, -0.05) is 41.4 Å². The first-order chi connectivity index (χ1) is 13.1. The van der Waals surface area contributed by atoms with Crippen molar-refractivity contribution < 1.29 is 18.0 Å². The molecular formula is C20H19Cl2F3N2O. The second-order valence-electron chi connectivity index (χ2n) is 7.14. The summed E-state index contributed by atoms with van der Waals surface area (Å²) in [7, 11) is 0. The van der Waals surface area contributed by atoms with Gasteiger partial charge in [-0.15, -0.1) is 0 Å². The third kappa shape index (κ3) is 4.39. The highest BCUT2D eigenvalue weighted by Gasteiger charge is 2.42. The van der Waals surface area contributed by atoms with E-state index in [1.54, 1.807) is 23.1 Å². The third-order valence-electron chi connectivity index (χ3n) is 5.06. The molecule has 3 nitrogen and oxygen atoms in total. The molecule has 0 spiro atoms. The van der Waals surface area contributed by atoms with Crippen LogP contribution in [0.25, 0.3) is 0 Å². The van der Waals surface area contributed by atoms with Gasteiger partial charge >= 0.3 is 12.2 Å². The molecule has 2 aromatic rings. The Labute approximate surface area is 171 Å². The van der Waals surface area contributed by atoms with E-state index in [0.717, 1.165) is 6.07 Å². The van der Waals surface area contributed by atoms with E-state index in [1.165, 1.54) is 18.2 Å². The molecule has 2 amide bonds. The van der Waals surface area contributed by atoms with Crippen molar-refractivity contribution in [2.24, 2.45) is 0 Å². The molecule has 1 unspecified atom stereocenters. The number of anilines is 1. The van der Waals surface area contributed by atoms with Gasteiger partial charge in [-0.2, -0.15) is 13.2 Å². The van der Waals surface area contributed by atoms with Crippen LogP contribution < -0.4 is 5.32 Å². The number of urea groups is 1. The molecule has 1 saturated heterocycles. The van der Waals surface area contributed by atoms with Crippen molar-refractivity contribution in [1.82, 2.24) is 4.90 Å². The highest BCUT2D eigenvalue weighted by Crippen LogP contribution is 2.38. The molecule has 8 heteroatoms. The van der Waals surface area contributed by atoms with Crippen LogP contribution >= 0.6 is 23.2 Å². The lowest BCUT2D eigenvalue weighted by molar-refractivity contribution is -0.138. The fourth-order valence-corrected chi connectivity index (χ4v) is 4.14. The summed E-state index contributed by atoms with van der Waals surface area (Å²) in [5, 5.41) is 3.48. The van der Waals surface area contributed by atoms with E-state index in [2.05, 4.69) is 5.32 Å². The van der Waals surface area contributed by atoms with Crippen molar-refractivity contribution in [3.05, 3.63) is 63.6 Å². The number of nitrogens with zero attached hydrogens (tertiary/aromatic N) is 1. The summed E-state index contributed by atoms with van der Waals surface area (Å²) in [4.78, 5) is 14.4. The maximum atomic E-state index is 13.3. The van der Waals surface area contributed by atoms with Gasteiger partial charge in [0.1, 0.15) is 0 Å². The van der Waals surface area contributed by atoms with Crippen molar-refractivity contribution in [2.45, 2.75) is 37.9 Å². The van der Waals surface area contributed by atoms with Gasteiger partial charge in [0.05, 0.1) is 16.3 Å². The van der Waals surface area contributed by atoms with Crippen molar-refractivity contribution in [3.8, 4) is 0 Å². The molecule has 0 saturated carbocycles. The predicted octanol–water partition coefficient (Wildman–Crippen LogP) is 6.64. The summed E-state index contributed by atoms with van der Waals surface area (Å²) < 4.78 is 40.0. The monoisotopic (exact) mass is 430 g/mol. The molecular weight excluding hydrogens is 412 g/mol. The van der Waals surface area contributed by atoms with Gasteiger partial charge in [-0.05, 0) is 56.0 Å². The SMILES string of the molecule is CC1(Cc2ccccc2C(F)(F)F)CCCN1C(=O)Nc1ccc(Cl)cc1Cl. The van der Waals surface area contributed by atoms with Gasteiger partial charge in [0.2, 0.25) is 0 Å². The quantitative estimate of drug-likeness (QED) is 0.581. The molecule has 0 bridgehead atoms. The van der Waals surface area contributed by atoms with Crippen LogP contribution in [-0.2, 0) is 12.6 Å². The summed E-state index contributed by atoms with van der Waals surface area (Å²) >= 11 is 12.0. The molecule has 150 valence electrons. The Morgan fingerprint density at radius 1 is 1.21 bits per heavy atom. The van der Waals surface area contributed by atoms with Crippen LogP contribution in [0.15, 0.2) is 42.5 Å². The Morgan fingerprint density at radius 2 is 1.93 bits per heavy atom. The first kappa shape index (κ1) is 20.8. The number of alkyl halides is 3. The zero-order chi connectivity index (χ0) is 20.5. The van der Waals surface area contributed by atoms with E-state index >= 15 is 0 Å². The molecule has 2 aromatic carbocycles. The van der Waals surface area contributed by atoms with Gasteiger partial charge in [0.25, 0.3) is 0 Å². The third-order valence-corrected chi connectivity index (χ3v) is 5.61. The van der Waals surface area contributed by atoms with E-state index in [4.69, 9.17) is 23.2 Å². The van der Waals surface area contributed by atoms with Crippen LogP contribution in [0.5, 0.6) is 0 Å². The van der Waals surface area contributed by atoms with E-state index in [-0.39, 0.29) is 12.0 Å². The fourth-order valence-electron chi connectivity index (χ4n) is 3.69. The number of benzene rings is 2. The number of hydrogen-bond donors (Lipinski definition) is 1. The van der Waals surface area contributed by atoms with Crippen LogP contribution in [0.3, 0.4) is 0 Å². The highest BCUT2D eigenvalue weighted by molar-refractivity contribution is 6.36. The first-order valence-corrected chi connectivity index (χ1v) is 9.54. The van der Waals surface area contributed by atoms with Gasteiger partial charge in [0.15, 0.2) is 0 Å². The molecule has 28 heavy (non-hydrogen) atoms. The highest BCUT2D eigenvalue weighted by atomic mass is 35.5. The van der Waals surface area contributed by atoms with Crippen LogP contribution in [0.4, 0.5) is 23.7 Å². The standard InChI is InChI=1S/C20H19Cl2F3N2O/c1-19(12-13-5-2-3-6-15(13)20(23,24)25)9-4-10-27(19)18(28)26-17-8-7-14(21)11-16(17)22/h2-3,5-8,11H,4,9-10,12H2,1H3,(H,26,28). The smallest absolute Gasteiger partial charge is 0.319 e. The van der Waals surface area contributed by atoms with E-state index in [9.17, 15) is 18.0 Å². The Morgan fingerprint density at radius 3 is 2.61 bits per heavy atom. The van der Waals surface area contributed by atoms with Crippen molar-refractivity contribution in [3.63, 3.8) is 0 Å². The Hall–Kier alpha value is -1.92. The molecule has 1 aliphatic heterocycles. The summed E-state index contributed by atoms with van der Waals surface area (Å²) in [6.07, 6.45) is -2.99. The lowest BCUT2D eigenvalue weighted by atomic mass is 9.88. The van der Waals surface area contributed by atoms with Crippen molar-refractivity contribution in [1.29, 1.82) is 0 Å². The topological polar surface area (TPSA) is 32.3 Å². The second-order valence-corrected chi connectivity index (χ2v) is 7.98. The molecule has 1 fully saturated rings. The summed E-state index contributed by atoms with van der Waals surface area (Å²) in [5.74, 6) is 0. The van der Waals surface area contributed by atoms with Gasteiger partial charge < -0.3 is 10.2 Å². The minimum absolute atomic E-state index is 0.116. The minimum atomic E-state index is -4.44. The number of amides is 2. The van der Waals surface area contributed by atoms with Crippen molar-refractivity contribution in [2.75, 3.05) is 11.9 Å². The average Bonchev–Trinajstić information content (AvgIpc) is 2.98. The first-order valence-electron chi connectivity index (χ1n) is 8.79. The number of likely N-dealkylation sites (tertiary alicyclic amines) is 1. The number of carbonyl (C=O) groups excluding carboxylic acids is 1.